The molecule has 4 rings (SSSR count). The Bertz CT molecular complexity index is 1250. The number of aromatic carboxylic acids is 1. The Morgan fingerprint density at radius 2 is 1.78 bits per heavy atom. The Kier molecular flexibility index (Phi) is 5.91. The molecule has 32 heavy (non-hydrogen) atoms. The van der Waals surface area contributed by atoms with Crippen LogP contribution in [0.4, 0.5) is 10.5 Å². The van der Waals surface area contributed by atoms with Gasteiger partial charge in [-0.1, -0.05) is 24.3 Å². The molecule has 0 saturated carbocycles. The molecule has 8 nitrogen and oxygen atoms in total. The number of anilines is 1. The lowest BCUT2D eigenvalue weighted by molar-refractivity contribution is -0.127. The van der Waals surface area contributed by atoms with Crippen LogP contribution >= 0.6 is 11.8 Å². The van der Waals surface area contributed by atoms with Crippen LogP contribution in [-0.4, -0.2) is 44.1 Å². The zero-order valence-corrected chi connectivity index (χ0v) is 17.4. The first-order valence-electron chi connectivity index (χ1n) is 9.54. The summed E-state index contributed by atoms with van der Waals surface area (Å²) in [5, 5.41) is 11.3. The van der Waals surface area contributed by atoms with Crippen LogP contribution < -0.4 is 5.32 Å². The number of hydrogen-bond donors (Lipinski definition) is 2. The molecule has 0 bridgehead atoms. The van der Waals surface area contributed by atoms with Gasteiger partial charge in [-0.15, -0.1) is 0 Å². The lowest BCUT2D eigenvalue weighted by atomic mass is 10.2. The molecule has 1 saturated heterocycles. The highest BCUT2D eigenvalue weighted by molar-refractivity contribution is 8.18. The minimum atomic E-state index is -1.05. The van der Waals surface area contributed by atoms with Crippen LogP contribution in [0.2, 0.25) is 0 Å². The standard InChI is InChI=1S/C23H17N3O5S/c27-20(24-16-7-2-1-3-8-16)14-26-21(28)19(32-23(26)31)13-18-10-5-11-25(18)17-9-4-6-15(12-17)22(29)30/h1-13H,14H2,(H,24,27)(H,29,30). The molecule has 0 unspecified atom stereocenters. The van der Waals surface area contributed by atoms with Crippen LogP contribution in [0.15, 0.2) is 77.8 Å². The average molecular weight is 447 g/mol. The van der Waals surface area contributed by atoms with E-state index in [0.29, 0.717) is 17.1 Å². The van der Waals surface area contributed by atoms with Gasteiger partial charge in [-0.2, -0.15) is 0 Å². The molecular formula is C23H17N3O5S. The van der Waals surface area contributed by atoms with Crippen molar-refractivity contribution in [2.24, 2.45) is 0 Å². The maximum atomic E-state index is 12.8. The molecule has 0 radical (unpaired) electrons. The smallest absolute Gasteiger partial charge is 0.335 e. The van der Waals surface area contributed by atoms with Crippen molar-refractivity contribution in [2.45, 2.75) is 0 Å². The molecule has 3 amide bonds. The summed E-state index contributed by atoms with van der Waals surface area (Å²) in [5.74, 6) is -2.08. The number of aromatic nitrogens is 1. The third-order valence-electron chi connectivity index (χ3n) is 4.66. The van der Waals surface area contributed by atoms with Crippen LogP contribution in [0.5, 0.6) is 0 Å². The van der Waals surface area contributed by atoms with Crippen LogP contribution in [-0.2, 0) is 9.59 Å². The number of amides is 3. The van der Waals surface area contributed by atoms with Gasteiger partial charge in [0.05, 0.1) is 10.5 Å². The van der Waals surface area contributed by atoms with Gasteiger partial charge in [-0.3, -0.25) is 19.3 Å². The molecule has 2 N–H and O–H groups in total. The highest BCUT2D eigenvalue weighted by Gasteiger charge is 2.36. The Morgan fingerprint density at radius 3 is 2.53 bits per heavy atom. The molecule has 3 aromatic rings. The number of carbonyl (C=O) groups is 4. The SMILES string of the molecule is O=C(CN1C(=O)SC(=Cc2cccn2-c2cccc(C(=O)O)c2)C1=O)Nc1ccccc1. The summed E-state index contributed by atoms with van der Waals surface area (Å²) in [6, 6.07) is 18.6. The number of benzene rings is 2. The van der Waals surface area contributed by atoms with Crippen molar-refractivity contribution in [1.82, 2.24) is 9.47 Å². The molecule has 1 fully saturated rings. The van der Waals surface area contributed by atoms with Crippen molar-refractivity contribution in [3.8, 4) is 5.69 Å². The molecule has 0 aliphatic carbocycles. The molecule has 1 aliphatic heterocycles. The van der Waals surface area contributed by atoms with Crippen molar-refractivity contribution in [1.29, 1.82) is 0 Å². The second-order valence-corrected chi connectivity index (χ2v) is 7.83. The zero-order valence-electron chi connectivity index (χ0n) is 16.6. The Labute approximate surface area is 187 Å². The van der Waals surface area contributed by atoms with Gasteiger partial charge in [0.15, 0.2) is 0 Å². The fraction of sp³-hybridized carbons (Fsp3) is 0.0435. The fourth-order valence-corrected chi connectivity index (χ4v) is 3.99. The molecule has 2 heterocycles. The summed E-state index contributed by atoms with van der Waals surface area (Å²) in [4.78, 5) is 49.7. The highest BCUT2D eigenvalue weighted by Crippen LogP contribution is 2.32. The molecule has 1 aliphatic rings. The molecule has 0 atom stereocenters. The number of thioether (sulfide) groups is 1. The van der Waals surface area contributed by atoms with Gasteiger partial charge in [0.1, 0.15) is 6.54 Å². The first-order valence-corrected chi connectivity index (χ1v) is 10.4. The number of rotatable bonds is 6. The van der Waals surface area contributed by atoms with E-state index in [1.165, 1.54) is 12.1 Å². The lowest BCUT2D eigenvalue weighted by Crippen LogP contribution is -2.36. The van der Waals surface area contributed by atoms with Crippen molar-refractivity contribution >= 4 is 46.5 Å². The lowest BCUT2D eigenvalue weighted by Gasteiger charge is -2.12. The summed E-state index contributed by atoms with van der Waals surface area (Å²) in [6.07, 6.45) is 3.28. The van der Waals surface area contributed by atoms with E-state index in [-0.39, 0.29) is 10.5 Å². The number of carboxylic acids is 1. The number of carboxylic acid groups (broad SMARTS) is 1. The summed E-state index contributed by atoms with van der Waals surface area (Å²) in [7, 11) is 0. The minimum absolute atomic E-state index is 0.131. The molecule has 9 heteroatoms. The Balaban J connectivity index is 1.53. The van der Waals surface area contributed by atoms with Gasteiger partial charge in [0.25, 0.3) is 11.1 Å². The van der Waals surface area contributed by atoms with Gasteiger partial charge in [0, 0.05) is 23.3 Å². The quantitative estimate of drug-likeness (QED) is 0.556. The van der Waals surface area contributed by atoms with E-state index in [1.807, 2.05) is 6.07 Å². The number of nitrogens with zero attached hydrogens (tertiary/aromatic N) is 2. The van der Waals surface area contributed by atoms with E-state index in [2.05, 4.69) is 5.32 Å². The summed E-state index contributed by atoms with van der Waals surface area (Å²) < 4.78 is 1.71. The van der Waals surface area contributed by atoms with Gasteiger partial charge in [-0.05, 0) is 60.3 Å². The molecule has 1 aromatic heterocycles. The normalized spacial score (nSPS) is 14.8. The molecule has 0 spiro atoms. The van der Waals surface area contributed by atoms with Gasteiger partial charge < -0.3 is 15.0 Å². The van der Waals surface area contributed by atoms with E-state index in [1.54, 1.807) is 65.4 Å². The summed E-state index contributed by atoms with van der Waals surface area (Å²) in [5.41, 5.74) is 1.89. The first-order chi connectivity index (χ1) is 15.4. The van der Waals surface area contributed by atoms with Crippen LogP contribution in [0.25, 0.3) is 11.8 Å². The van der Waals surface area contributed by atoms with Crippen molar-refractivity contribution < 1.29 is 24.3 Å². The first kappa shape index (κ1) is 21.1. The third-order valence-corrected chi connectivity index (χ3v) is 5.57. The Morgan fingerprint density at radius 1 is 1.00 bits per heavy atom. The fourth-order valence-electron chi connectivity index (χ4n) is 3.17. The van der Waals surface area contributed by atoms with Crippen molar-refractivity contribution in [3.05, 3.63) is 89.1 Å². The van der Waals surface area contributed by atoms with Gasteiger partial charge >= 0.3 is 5.97 Å². The maximum Gasteiger partial charge on any atom is 0.335 e. The maximum absolute atomic E-state index is 12.8. The van der Waals surface area contributed by atoms with Gasteiger partial charge in [-0.25, -0.2) is 4.79 Å². The van der Waals surface area contributed by atoms with Crippen LogP contribution in [0.3, 0.4) is 0 Å². The number of imide groups is 1. The van der Waals surface area contributed by atoms with E-state index in [9.17, 15) is 24.3 Å². The Hall–Kier alpha value is -4.11. The average Bonchev–Trinajstić information content (AvgIpc) is 3.34. The number of carbonyl (C=O) groups excluding carboxylic acids is 3. The third kappa shape index (κ3) is 4.47. The summed E-state index contributed by atoms with van der Waals surface area (Å²) >= 11 is 0.751. The molecule has 2 aromatic carbocycles. The van der Waals surface area contributed by atoms with E-state index < -0.39 is 29.6 Å². The predicted octanol–water partition coefficient (Wildman–Crippen LogP) is 3.85. The number of hydrogen-bond acceptors (Lipinski definition) is 5. The summed E-state index contributed by atoms with van der Waals surface area (Å²) in [6.45, 7) is -0.390. The molecule has 160 valence electrons. The van der Waals surface area contributed by atoms with Crippen molar-refractivity contribution in [2.75, 3.05) is 11.9 Å². The largest absolute Gasteiger partial charge is 0.478 e. The minimum Gasteiger partial charge on any atom is -0.478 e. The highest BCUT2D eigenvalue weighted by atomic mass is 32.2. The predicted molar refractivity (Wildman–Crippen MR) is 120 cm³/mol. The van der Waals surface area contributed by atoms with Crippen LogP contribution in [0, 0.1) is 0 Å². The number of para-hydroxylation sites is 1. The molecular weight excluding hydrogens is 430 g/mol. The monoisotopic (exact) mass is 447 g/mol. The van der Waals surface area contributed by atoms with E-state index in [0.717, 1.165) is 16.7 Å². The van der Waals surface area contributed by atoms with Crippen molar-refractivity contribution in [3.63, 3.8) is 0 Å². The zero-order chi connectivity index (χ0) is 22.7. The second kappa shape index (κ2) is 8.94. The van der Waals surface area contributed by atoms with E-state index >= 15 is 0 Å². The van der Waals surface area contributed by atoms with Crippen LogP contribution in [0.1, 0.15) is 16.1 Å². The number of nitrogens with one attached hydrogen (secondary N) is 1. The van der Waals surface area contributed by atoms with Gasteiger partial charge in [0.2, 0.25) is 5.91 Å². The van der Waals surface area contributed by atoms with E-state index in [4.69, 9.17) is 0 Å². The topological polar surface area (TPSA) is 109 Å². The second-order valence-electron chi connectivity index (χ2n) is 6.84.